The summed E-state index contributed by atoms with van der Waals surface area (Å²) < 4.78 is 0. The molecular formula is C22H33BN2O4. The summed E-state index contributed by atoms with van der Waals surface area (Å²) in [5.41, 5.74) is 7.40. The summed E-state index contributed by atoms with van der Waals surface area (Å²) in [4.78, 5) is 13.9. The number of hydrogen-bond donors (Lipinski definition) is 4. The van der Waals surface area contributed by atoms with Crippen LogP contribution >= 0.6 is 0 Å². The van der Waals surface area contributed by atoms with E-state index in [-0.39, 0.29) is 6.32 Å². The molecule has 0 amide bonds. The standard InChI is InChI=1S/C22H33BN2O4/c1-17-10-11-18(20-9-4-3-8-19(17)20)16-25(2)15-7-13-22(24,21(26)27)12-5-6-14-23(28)29/h3-4,8-11,28-29H,5-7,12-16,24H2,1-2H3,(H,26,27). The lowest BCUT2D eigenvalue weighted by Crippen LogP contribution is -2.48. The van der Waals surface area contributed by atoms with Crippen LogP contribution in [0.15, 0.2) is 36.4 Å². The topological polar surface area (TPSA) is 107 Å². The number of benzene rings is 2. The van der Waals surface area contributed by atoms with Crippen molar-refractivity contribution < 1.29 is 19.9 Å². The van der Waals surface area contributed by atoms with E-state index in [1.165, 1.54) is 21.9 Å². The van der Waals surface area contributed by atoms with Gasteiger partial charge in [-0.05, 0) is 68.0 Å². The zero-order valence-corrected chi connectivity index (χ0v) is 17.5. The largest absolute Gasteiger partial charge is 0.480 e. The van der Waals surface area contributed by atoms with Gasteiger partial charge in [-0.25, -0.2) is 0 Å². The highest BCUT2D eigenvalue weighted by molar-refractivity contribution is 6.40. The van der Waals surface area contributed by atoms with Gasteiger partial charge in [0, 0.05) is 6.54 Å². The number of aryl methyl sites for hydroxylation is 1. The van der Waals surface area contributed by atoms with Gasteiger partial charge in [-0.2, -0.15) is 0 Å². The van der Waals surface area contributed by atoms with E-state index < -0.39 is 18.6 Å². The van der Waals surface area contributed by atoms with Gasteiger partial charge < -0.3 is 25.8 Å². The third kappa shape index (κ3) is 6.82. The van der Waals surface area contributed by atoms with Gasteiger partial charge in [0.05, 0.1) is 0 Å². The lowest BCUT2D eigenvalue weighted by molar-refractivity contribution is -0.144. The predicted molar refractivity (Wildman–Crippen MR) is 118 cm³/mol. The average molecular weight is 400 g/mol. The van der Waals surface area contributed by atoms with Gasteiger partial charge in [0.25, 0.3) is 0 Å². The van der Waals surface area contributed by atoms with Crippen molar-refractivity contribution >= 4 is 23.9 Å². The first-order chi connectivity index (χ1) is 13.7. The van der Waals surface area contributed by atoms with Crippen LogP contribution in [0.3, 0.4) is 0 Å². The van der Waals surface area contributed by atoms with Crippen LogP contribution in [-0.4, -0.2) is 52.3 Å². The Morgan fingerprint density at radius 3 is 2.38 bits per heavy atom. The van der Waals surface area contributed by atoms with Crippen LogP contribution in [0, 0.1) is 6.92 Å². The van der Waals surface area contributed by atoms with Crippen LogP contribution in [0.4, 0.5) is 0 Å². The number of nitrogens with zero attached hydrogens (tertiary/aromatic N) is 1. The average Bonchev–Trinajstić information content (AvgIpc) is 2.67. The van der Waals surface area contributed by atoms with Crippen molar-refractivity contribution in [3.8, 4) is 0 Å². The zero-order chi connectivity index (χ0) is 21.4. The Labute approximate surface area is 173 Å². The third-order valence-electron chi connectivity index (χ3n) is 5.60. The molecule has 0 heterocycles. The highest BCUT2D eigenvalue weighted by Crippen LogP contribution is 2.24. The summed E-state index contributed by atoms with van der Waals surface area (Å²) in [5, 5.41) is 29.9. The molecule has 0 aliphatic rings. The predicted octanol–water partition coefficient (Wildman–Crippen LogP) is 2.79. The molecule has 2 aromatic carbocycles. The molecule has 0 radical (unpaired) electrons. The number of carboxylic acids is 1. The van der Waals surface area contributed by atoms with Crippen LogP contribution < -0.4 is 5.73 Å². The van der Waals surface area contributed by atoms with Crippen molar-refractivity contribution in [1.29, 1.82) is 0 Å². The van der Waals surface area contributed by atoms with Gasteiger partial charge in [0.15, 0.2) is 0 Å². The molecule has 0 aliphatic carbocycles. The lowest BCUT2D eigenvalue weighted by Gasteiger charge is -2.26. The van der Waals surface area contributed by atoms with Gasteiger partial charge in [0.2, 0.25) is 0 Å². The fraction of sp³-hybridized carbons (Fsp3) is 0.500. The minimum Gasteiger partial charge on any atom is -0.480 e. The Hall–Kier alpha value is -1.93. The van der Waals surface area contributed by atoms with E-state index in [2.05, 4.69) is 48.2 Å². The van der Waals surface area contributed by atoms with Crippen molar-refractivity contribution in [1.82, 2.24) is 4.90 Å². The number of aliphatic carboxylic acids is 1. The maximum absolute atomic E-state index is 11.7. The molecule has 5 N–H and O–H groups in total. The zero-order valence-electron chi connectivity index (χ0n) is 17.5. The molecule has 158 valence electrons. The lowest BCUT2D eigenvalue weighted by atomic mass is 9.81. The second-order valence-electron chi connectivity index (χ2n) is 8.12. The summed E-state index contributed by atoms with van der Waals surface area (Å²) in [6.45, 7) is 3.66. The molecule has 29 heavy (non-hydrogen) atoms. The molecule has 0 aromatic heterocycles. The van der Waals surface area contributed by atoms with Crippen LogP contribution in [-0.2, 0) is 11.3 Å². The number of rotatable bonds is 12. The van der Waals surface area contributed by atoms with Crippen LogP contribution in [0.25, 0.3) is 10.8 Å². The molecule has 6 nitrogen and oxygen atoms in total. The Morgan fingerprint density at radius 1 is 1.07 bits per heavy atom. The first-order valence-electron chi connectivity index (χ1n) is 10.3. The Bertz CT molecular complexity index is 814. The Morgan fingerprint density at radius 2 is 1.72 bits per heavy atom. The molecular weight excluding hydrogens is 367 g/mol. The van der Waals surface area contributed by atoms with E-state index >= 15 is 0 Å². The van der Waals surface area contributed by atoms with Gasteiger partial charge in [-0.3, -0.25) is 4.79 Å². The molecule has 0 spiro atoms. The molecule has 2 aromatic rings. The fourth-order valence-electron chi connectivity index (χ4n) is 3.79. The van der Waals surface area contributed by atoms with E-state index in [1.54, 1.807) is 0 Å². The van der Waals surface area contributed by atoms with Gasteiger partial charge >= 0.3 is 13.1 Å². The van der Waals surface area contributed by atoms with Gasteiger partial charge in [-0.15, -0.1) is 0 Å². The number of hydrogen-bond acceptors (Lipinski definition) is 5. The van der Waals surface area contributed by atoms with Crippen LogP contribution in [0.5, 0.6) is 0 Å². The third-order valence-corrected chi connectivity index (χ3v) is 5.60. The number of carbonyl (C=O) groups is 1. The molecule has 0 saturated heterocycles. The van der Waals surface area contributed by atoms with Crippen molar-refractivity contribution in [2.24, 2.45) is 5.73 Å². The second-order valence-corrected chi connectivity index (χ2v) is 8.12. The van der Waals surface area contributed by atoms with Crippen molar-refractivity contribution in [3.05, 3.63) is 47.5 Å². The Balaban J connectivity index is 1.89. The minimum absolute atomic E-state index is 0.239. The van der Waals surface area contributed by atoms with Gasteiger partial charge in [0.1, 0.15) is 5.54 Å². The quantitative estimate of drug-likeness (QED) is 0.322. The normalized spacial score (nSPS) is 13.6. The van der Waals surface area contributed by atoms with E-state index in [9.17, 15) is 9.90 Å². The molecule has 2 rings (SSSR count). The monoisotopic (exact) mass is 400 g/mol. The van der Waals surface area contributed by atoms with Crippen molar-refractivity contribution in [2.75, 3.05) is 13.6 Å². The fourth-order valence-corrected chi connectivity index (χ4v) is 3.79. The summed E-state index contributed by atoms with van der Waals surface area (Å²) in [7, 11) is 0.689. The highest BCUT2D eigenvalue weighted by Gasteiger charge is 2.32. The van der Waals surface area contributed by atoms with Crippen LogP contribution in [0.1, 0.15) is 43.2 Å². The number of fused-ring (bicyclic) bond motifs is 1. The molecule has 1 unspecified atom stereocenters. The van der Waals surface area contributed by atoms with E-state index in [0.717, 1.165) is 13.1 Å². The molecule has 0 aliphatic heterocycles. The second kappa shape index (κ2) is 10.7. The van der Waals surface area contributed by atoms with E-state index in [1.807, 2.05) is 7.05 Å². The van der Waals surface area contributed by atoms with E-state index in [4.69, 9.17) is 15.8 Å². The van der Waals surface area contributed by atoms with Crippen molar-refractivity contribution in [3.63, 3.8) is 0 Å². The molecule has 0 saturated carbocycles. The minimum atomic E-state index is -1.35. The molecule has 7 heteroatoms. The summed E-state index contributed by atoms with van der Waals surface area (Å²) in [5.74, 6) is -0.991. The smallest absolute Gasteiger partial charge is 0.451 e. The summed E-state index contributed by atoms with van der Waals surface area (Å²) >= 11 is 0. The highest BCUT2D eigenvalue weighted by atomic mass is 16.4. The first kappa shape index (κ1) is 23.4. The SMILES string of the molecule is Cc1ccc(CN(C)CCCC(N)(CCCCB(O)O)C(=O)O)c2ccccc12. The summed E-state index contributed by atoms with van der Waals surface area (Å²) in [6, 6.07) is 12.7. The molecule has 1 atom stereocenters. The Kier molecular flexibility index (Phi) is 8.65. The summed E-state index contributed by atoms with van der Waals surface area (Å²) in [6.07, 6.45) is 2.76. The van der Waals surface area contributed by atoms with Gasteiger partial charge in [-0.1, -0.05) is 49.2 Å². The maximum Gasteiger partial charge on any atom is 0.451 e. The first-order valence-corrected chi connectivity index (χ1v) is 10.3. The van der Waals surface area contributed by atoms with Crippen LogP contribution in [0.2, 0.25) is 6.32 Å². The van der Waals surface area contributed by atoms with E-state index in [0.29, 0.717) is 32.1 Å². The molecule has 0 fully saturated rings. The maximum atomic E-state index is 11.7. The number of unbranched alkanes of at least 4 members (excludes halogenated alkanes) is 1. The van der Waals surface area contributed by atoms with Crippen molar-refractivity contribution in [2.45, 2.75) is 57.4 Å². The number of nitrogens with two attached hydrogens (primary N) is 1. The molecule has 0 bridgehead atoms. The number of carboxylic acid groups (broad SMARTS) is 1.